The van der Waals surface area contributed by atoms with E-state index < -0.39 is 0 Å². The molecule has 0 N–H and O–H groups in total. The summed E-state index contributed by atoms with van der Waals surface area (Å²) < 4.78 is 4.79. The fourth-order valence-corrected chi connectivity index (χ4v) is 9.99. The highest BCUT2D eigenvalue weighted by Crippen LogP contribution is 2.40. The van der Waals surface area contributed by atoms with Crippen LogP contribution in [0.5, 0.6) is 0 Å². The molecule has 4 nitrogen and oxygen atoms in total. The summed E-state index contributed by atoms with van der Waals surface area (Å²) in [6, 6.07) is 82.7. The van der Waals surface area contributed by atoms with Crippen molar-refractivity contribution in [2.75, 3.05) is 0 Å². The lowest BCUT2D eigenvalue weighted by Crippen LogP contribution is -1.98. The van der Waals surface area contributed by atoms with Gasteiger partial charge >= 0.3 is 0 Å². The van der Waals surface area contributed by atoms with Gasteiger partial charge in [-0.25, -0.2) is 9.97 Å². The minimum absolute atomic E-state index is 0.691. The maximum atomic E-state index is 5.40. The molecule has 0 unspecified atom stereocenters. The molecule has 3 aromatic heterocycles. The van der Waals surface area contributed by atoms with Gasteiger partial charge in [0.25, 0.3) is 0 Å². The van der Waals surface area contributed by atoms with Crippen molar-refractivity contribution in [3.63, 3.8) is 0 Å². The largest absolute Gasteiger partial charge is 0.309 e. The number of rotatable bonds is 6. The first-order valence-corrected chi connectivity index (χ1v) is 21.8. The minimum Gasteiger partial charge on any atom is -0.309 e. The quantitative estimate of drug-likeness (QED) is 0.157. The molecule has 0 atom stereocenters. The highest BCUT2D eigenvalue weighted by atomic mass is 15.0. The van der Waals surface area contributed by atoms with Crippen molar-refractivity contribution in [1.29, 1.82) is 0 Å². The lowest BCUT2D eigenvalue weighted by atomic mass is 9.94. The van der Waals surface area contributed by atoms with Crippen LogP contribution in [0.25, 0.3) is 122 Å². The Bertz CT molecular complexity index is 3860. The van der Waals surface area contributed by atoms with Crippen molar-refractivity contribution in [3.8, 4) is 56.4 Å². The molecule has 13 aromatic rings. The molecule has 0 spiro atoms. The van der Waals surface area contributed by atoms with Gasteiger partial charge in [0.1, 0.15) is 0 Å². The maximum absolute atomic E-state index is 5.40. The van der Waals surface area contributed by atoms with E-state index in [0.717, 1.165) is 56.1 Å². The summed E-state index contributed by atoms with van der Waals surface area (Å²) >= 11 is 0. The third-order valence-electron chi connectivity index (χ3n) is 12.9. The second-order valence-corrected chi connectivity index (χ2v) is 16.6. The van der Waals surface area contributed by atoms with E-state index in [0.29, 0.717) is 5.82 Å². The monoisotopic (exact) mass is 814 g/mol. The Labute approximate surface area is 369 Å². The van der Waals surface area contributed by atoms with Crippen molar-refractivity contribution in [2.45, 2.75) is 0 Å². The molecule has 10 aromatic carbocycles. The molecule has 13 rings (SSSR count). The second kappa shape index (κ2) is 14.5. The number of para-hydroxylation sites is 3. The van der Waals surface area contributed by atoms with E-state index in [1.54, 1.807) is 0 Å². The molecule has 64 heavy (non-hydrogen) atoms. The zero-order valence-corrected chi connectivity index (χ0v) is 34.7. The SMILES string of the molecule is c1ccc(-c2cc(-c3c4ccccc4cc4ccccc34)nc(-c3cccc(-c4ccc5c(c4)c4ccccc4n5-c4cccc(-n5c6ccccc6c6ccccc65)c4)c3)n2)cc1. The van der Waals surface area contributed by atoms with E-state index in [-0.39, 0.29) is 0 Å². The van der Waals surface area contributed by atoms with E-state index in [4.69, 9.17) is 9.97 Å². The Hall–Kier alpha value is -8.60. The molecule has 0 radical (unpaired) electrons. The van der Waals surface area contributed by atoms with E-state index >= 15 is 0 Å². The maximum Gasteiger partial charge on any atom is 0.160 e. The lowest BCUT2D eigenvalue weighted by Gasteiger charge is -2.14. The van der Waals surface area contributed by atoms with E-state index in [9.17, 15) is 0 Å². The van der Waals surface area contributed by atoms with Gasteiger partial charge in [-0.2, -0.15) is 0 Å². The Morgan fingerprint density at radius 1 is 0.266 bits per heavy atom. The van der Waals surface area contributed by atoms with Gasteiger partial charge in [0.2, 0.25) is 0 Å². The zero-order chi connectivity index (χ0) is 42.1. The zero-order valence-electron chi connectivity index (χ0n) is 34.7. The number of fused-ring (bicyclic) bond motifs is 8. The predicted octanol–water partition coefficient (Wildman–Crippen LogP) is 15.6. The van der Waals surface area contributed by atoms with Gasteiger partial charge in [0.05, 0.1) is 33.5 Å². The molecular weight excluding hydrogens is 777 g/mol. The van der Waals surface area contributed by atoms with Gasteiger partial charge in [-0.15, -0.1) is 0 Å². The number of nitrogens with zero attached hydrogens (tertiary/aromatic N) is 4. The molecule has 0 bridgehead atoms. The molecule has 0 amide bonds. The average molecular weight is 815 g/mol. The van der Waals surface area contributed by atoms with Crippen LogP contribution in [0, 0.1) is 0 Å². The number of hydrogen-bond acceptors (Lipinski definition) is 2. The summed E-state index contributed by atoms with van der Waals surface area (Å²) in [4.78, 5) is 10.7. The van der Waals surface area contributed by atoms with Crippen LogP contribution >= 0.6 is 0 Å². The van der Waals surface area contributed by atoms with Crippen LogP contribution in [-0.2, 0) is 0 Å². The molecule has 0 aliphatic heterocycles. The Morgan fingerprint density at radius 3 is 1.38 bits per heavy atom. The third kappa shape index (κ3) is 5.77. The highest BCUT2D eigenvalue weighted by molar-refractivity contribution is 6.13. The van der Waals surface area contributed by atoms with Gasteiger partial charge in [-0.1, -0.05) is 164 Å². The molecule has 0 aliphatic carbocycles. The van der Waals surface area contributed by atoms with Gasteiger partial charge in [0, 0.05) is 49.6 Å². The second-order valence-electron chi connectivity index (χ2n) is 16.6. The molecule has 0 saturated carbocycles. The normalized spacial score (nSPS) is 11.8. The van der Waals surface area contributed by atoms with Crippen molar-refractivity contribution in [1.82, 2.24) is 19.1 Å². The fraction of sp³-hybridized carbons (Fsp3) is 0. The summed E-state index contributed by atoms with van der Waals surface area (Å²) in [6.07, 6.45) is 0. The first-order valence-electron chi connectivity index (χ1n) is 21.8. The number of benzene rings is 10. The number of aromatic nitrogens is 4. The summed E-state index contributed by atoms with van der Waals surface area (Å²) in [6.45, 7) is 0. The summed E-state index contributed by atoms with van der Waals surface area (Å²) in [5.41, 5.74) is 14.1. The minimum atomic E-state index is 0.691. The summed E-state index contributed by atoms with van der Waals surface area (Å²) in [5.74, 6) is 0.691. The lowest BCUT2D eigenvalue weighted by molar-refractivity contribution is 1.13. The molecule has 0 saturated heterocycles. The molecule has 0 fully saturated rings. The molecule has 298 valence electrons. The third-order valence-corrected chi connectivity index (χ3v) is 12.9. The van der Waals surface area contributed by atoms with E-state index in [2.05, 4.69) is 234 Å². The standard InChI is InChI=1S/C60H38N4/c1-2-16-39(17-3-1)53-38-54(59-47-24-6-4-18-42(47)35-43-19-5-7-25-48(43)59)62-60(61-53)44-21-14-20-40(34-44)41-32-33-58-52(36-41)51-28-10-13-31-57(51)64(58)46-23-15-22-45(37-46)63-55-29-11-8-26-49(55)50-27-9-12-30-56(50)63/h1-38H. The van der Waals surface area contributed by atoms with Crippen molar-refractivity contribution in [2.24, 2.45) is 0 Å². The van der Waals surface area contributed by atoms with Gasteiger partial charge in [0.15, 0.2) is 5.82 Å². The number of hydrogen-bond donors (Lipinski definition) is 0. The van der Waals surface area contributed by atoms with Crippen molar-refractivity contribution >= 4 is 65.2 Å². The van der Waals surface area contributed by atoms with Crippen LogP contribution in [0.1, 0.15) is 0 Å². The van der Waals surface area contributed by atoms with Crippen LogP contribution in [0.3, 0.4) is 0 Å². The van der Waals surface area contributed by atoms with Gasteiger partial charge in [-0.3, -0.25) is 0 Å². The van der Waals surface area contributed by atoms with Crippen LogP contribution in [-0.4, -0.2) is 19.1 Å². The summed E-state index contributed by atoms with van der Waals surface area (Å²) in [5, 5.41) is 9.64. The average Bonchev–Trinajstić information content (AvgIpc) is 3.88. The predicted molar refractivity (Wildman–Crippen MR) is 267 cm³/mol. The fourth-order valence-electron chi connectivity index (χ4n) is 9.99. The molecule has 4 heteroatoms. The van der Waals surface area contributed by atoms with Crippen molar-refractivity contribution < 1.29 is 0 Å². The highest BCUT2D eigenvalue weighted by Gasteiger charge is 2.19. The van der Waals surface area contributed by atoms with Crippen LogP contribution < -0.4 is 0 Å². The molecular formula is C60H38N4. The van der Waals surface area contributed by atoms with E-state index in [1.807, 2.05) is 6.07 Å². The smallest absolute Gasteiger partial charge is 0.160 e. The Kier molecular flexibility index (Phi) is 8.18. The van der Waals surface area contributed by atoms with Crippen molar-refractivity contribution in [3.05, 3.63) is 231 Å². The Morgan fingerprint density at radius 2 is 0.734 bits per heavy atom. The van der Waals surface area contributed by atoms with Gasteiger partial charge in [-0.05, 0) is 99.4 Å². The van der Waals surface area contributed by atoms with Crippen LogP contribution in [0.15, 0.2) is 231 Å². The molecule has 0 aliphatic rings. The summed E-state index contributed by atoms with van der Waals surface area (Å²) in [7, 11) is 0. The van der Waals surface area contributed by atoms with E-state index in [1.165, 1.54) is 59.6 Å². The van der Waals surface area contributed by atoms with Crippen LogP contribution in [0.2, 0.25) is 0 Å². The van der Waals surface area contributed by atoms with Gasteiger partial charge < -0.3 is 9.13 Å². The van der Waals surface area contributed by atoms with Crippen LogP contribution in [0.4, 0.5) is 0 Å². The first-order chi connectivity index (χ1) is 31.7. The molecule has 3 heterocycles. The first kappa shape index (κ1) is 36.1. The topological polar surface area (TPSA) is 35.6 Å². The Balaban J connectivity index is 0.951.